The summed E-state index contributed by atoms with van der Waals surface area (Å²) in [6.07, 6.45) is 0.837. The summed E-state index contributed by atoms with van der Waals surface area (Å²) in [4.78, 5) is 28.2. The van der Waals surface area contributed by atoms with E-state index in [-0.39, 0.29) is 17.9 Å². The third-order valence-electron chi connectivity index (χ3n) is 4.17. The van der Waals surface area contributed by atoms with Crippen LogP contribution < -0.4 is 15.4 Å². The van der Waals surface area contributed by atoms with Crippen LogP contribution in [0.15, 0.2) is 42.5 Å². The molecule has 3 rings (SSSR count). The van der Waals surface area contributed by atoms with Gasteiger partial charge in [-0.05, 0) is 49.2 Å². The highest BCUT2D eigenvalue weighted by Gasteiger charge is 2.09. The van der Waals surface area contributed by atoms with Crippen LogP contribution in [0.3, 0.4) is 0 Å². The smallest absolute Gasteiger partial charge is 0.225 e. The highest BCUT2D eigenvalue weighted by Crippen LogP contribution is 2.27. The van der Waals surface area contributed by atoms with Crippen LogP contribution in [0.4, 0.5) is 5.13 Å². The van der Waals surface area contributed by atoms with Crippen LogP contribution in [0, 0.1) is 0 Å². The number of amides is 2. The lowest BCUT2D eigenvalue weighted by Gasteiger charge is -2.10. The van der Waals surface area contributed by atoms with E-state index in [1.807, 2.05) is 56.3 Å². The Morgan fingerprint density at radius 1 is 1.07 bits per heavy atom. The molecule has 0 spiro atoms. The topological polar surface area (TPSA) is 80.3 Å². The first-order valence-corrected chi connectivity index (χ1v) is 10.5. The number of carbonyl (C=O) groups excluding carboxylic acids is 2. The molecule has 7 heteroatoms. The number of hydrogen-bond acceptors (Lipinski definition) is 5. The second kappa shape index (κ2) is 9.52. The number of fused-ring (bicyclic) bond motifs is 1. The highest BCUT2D eigenvalue weighted by molar-refractivity contribution is 7.22. The number of ether oxygens (including phenoxy) is 1. The molecule has 29 heavy (non-hydrogen) atoms. The van der Waals surface area contributed by atoms with Crippen LogP contribution >= 0.6 is 11.3 Å². The Hall–Kier alpha value is -2.93. The Kier molecular flexibility index (Phi) is 6.82. The maximum absolute atomic E-state index is 12.3. The quantitative estimate of drug-likeness (QED) is 0.579. The minimum absolute atomic E-state index is 0.0455. The van der Waals surface area contributed by atoms with Gasteiger partial charge in [0.25, 0.3) is 0 Å². The second-order valence-corrected chi connectivity index (χ2v) is 8.02. The van der Waals surface area contributed by atoms with E-state index in [0.717, 1.165) is 27.1 Å². The van der Waals surface area contributed by atoms with Crippen molar-refractivity contribution in [2.45, 2.75) is 46.3 Å². The zero-order valence-corrected chi connectivity index (χ0v) is 17.6. The number of carbonyl (C=O) groups is 2. The fraction of sp³-hybridized carbons (Fsp3) is 0.318. The number of aromatic nitrogens is 1. The van der Waals surface area contributed by atoms with Crippen molar-refractivity contribution in [3.05, 3.63) is 53.6 Å². The molecule has 2 N–H and O–H groups in total. The Labute approximate surface area is 174 Å². The Balaban J connectivity index is 1.55. The summed E-state index contributed by atoms with van der Waals surface area (Å²) >= 11 is 1.41. The lowest BCUT2D eigenvalue weighted by atomic mass is 10.1. The predicted molar refractivity (Wildman–Crippen MR) is 116 cm³/mol. The van der Waals surface area contributed by atoms with E-state index in [1.165, 1.54) is 11.3 Å². The monoisotopic (exact) mass is 411 g/mol. The summed E-state index contributed by atoms with van der Waals surface area (Å²) in [5, 5.41) is 6.30. The Morgan fingerprint density at radius 2 is 1.79 bits per heavy atom. The van der Waals surface area contributed by atoms with Crippen molar-refractivity contribution in [1.29, 1.82) is 0 Å². The van der Waals surface area contributed by atoms with Crippen molar-refractivity contribution in [3.63, 3.8) is 0 Å². The molecule has 2 amide bonds. The highest BCUT2D eigenvalue weighted by atomic mass is 32.1. The molecular weight excluding hydrogens is 386 g/mol. The van der Waals surface area contributed by atoms with Gasteiger partial charge in [-0.3, -0.25) is 9.59 Å². The zero-order chi connectivity index (χ0) is 20.8. The lowest BCUT2D eigenvalue weighted by Crippen LogP contribution is -2.24. The number of benzene rings is 2. The van der Waals surface area contributed by atoms with Crippen molar-refractivity contribution < 1.29 is 14.3 Å². The van der Waals surface area contributed by atoms with Gasteiger partial charge >= 0.3 is 0 Å². The van der Waals surface area contributed by atoms with E-state index in [1.54, 1.807) is 6.92 Å². The average molecular weight is 412 g/mol. The maximum Gasteiger partial charge on any atom is 0.225 e. The number of nitrogens with one attached hydrogen (secondary N) is 2. The molecule has 2 aromatic carbocycles. The van der Waals surface area contributed by atoms with Crippen molar-refractivity contribution >= 4 is 38.5 Å². The summed E-state index contributed by atoms with van der Waals surface area (Å²) in [6, 6.07) is 13.4. The van der Waals surface area contributed by atoms with E-state index in [2.05, 4.69) is 15.6 Å². The van der Waals surface area contributed by atoms with Gasteiger partial charge in [-0.1, -0.05) is 36.5 Å². The van der Waals surface area contributed by atoms with E-state index in [0.29, 0.717) is 24.5 Å². The molecule has 0 saturated carbocycles. The first kappa shape index (κ1) is 20.8. The first-order valence-electron chi connectivity index (χ1n) is 9.64. The van der Waals surface area contributed by atoms with Crippen molar-refractivity contribution in [3.8, 4) is 5.75 Å². The molecule has 6 nitrogen and oxygen atoms in total. The number of nitrogens with zero attached hydrogens (tertiary/aromatic N) is 1. The van der Waals surface area contributed by atoms with Gasteiger partial charge in [-0.25, -0.2) is 4.98 Å². The molecule has 0 aliphatic rings. The molecule has 1 aromatic heterocycles. The van der Waals surface area contributed by atoms with Crippen LogP contribution in [0.1, 0.15) is 38.3 Å². The maximum atomic E-state index is 12.3. The third kappa shape index (κ3) is 6.02. The number of anilines is 1. The fourth-order valence-electron chi connectivity index (χ4n) is 2.75. The molecule has 3 aromatic rings. The van der Waals surface area contributed by atoms with E-state index in [9.17, 15) is 9.59 Å². The van der Waals surface area contributed by atoms with Crippen molar-refractivity contribution in [1.82, 2.24) is 10.3 Å². The molecule has 0 aliphatic heterocycles. The van der Waals surface area contributed by atoms with Crippen LogP contribution in [-0.4, -0.2) is 22.9 Å². The van der Waals surface area contributed by atoms with E-state index >= 15 is 0 Å². The Bertz CT molecular complexity index is 996. The minimum Gasteiger partial charge on any atom is -0.491 e. The van der Waals surface area contributed by atoms with Crippen molar-refractivity contribution in [2.75, 3.05) is 5.32 Å². The molecule has 0 unspecified atom stereocenters. The molecule has 0 aliphatic carbocycles. The van der Waals surface area contributed by atoms with Gasteiger partial charge in [0, 0.05) is 13.0 Å². The van der Waals surface area contributed by atoms with E-state index in [4.69, 9.17) is 4.74 Å². The molecule has 0 radical (unpaired) electrons. The SMILES string of the molecule is CCC(=O)Nc1nc2ccc(CC(=O)NCc3ccc(OC(C)C)cc3)cc2s1. The number of hydrogen-bond donors (Lipinski definition) is 2. The first-order chi connectivity index (χ1) is 13.9. The molecule has 0 bridgehead atoms. The van der Waals surface area contributed by atoms with E-state index < -0.39 is 0 Å². The van der Waals surface area contributed by atoms with Crippen molar-refractivity contribution in [2.24, 2.45) is 0 Å². The molecule has 1 heterocycles. The second-order valence-electron chi connectivity index (χ2n) is 6.99. The van der Waals surface area contributed by atoms with Crippen LogP contribution in [0.25, 0.3) is 10.2 Å². The number of rotatable bonds is 8. The summed E-state index contributed by atoms with van der Waals surface area (Å²) in [7, 11) is 0. The molecular formula is C22H25N3O3S. The normalized spacial score (nSPS) is 10.9. The fourth-order valence-corrected chi connectivity index (χ4v) is 3.69. The lowest BCUT2D eigenvalue weighted by molar-refractivity contribution is -0.120. The summed E-state index contributed by atoms with van der Waals surface area (Å²) in [6.45, 7) is 6.24. The molecule has 0 saturated heterocycles. The largest absolute Gasteiger partial charge is 0.491 e. The molecule has 0 atom stereocenters. The summed E-state index contributed by atoms with van der Waals surface area (Å²) < 4.78 is 6.57. The van der Waals surface area contributed by atoms with Crippen LogP contribution in [0.2, 0.25) is 0 Å². The Morgan fingerprint density at radius 3 is 2.48 bits per heavy atom. The van der Waals surface area contributed by atoms with Gasteiger partial charge < -0.3 is 15.4 Å². The van der Waals surface area contributed by atoms with Crippen LogP contribution in [-0.2, 0) is 22.6 Å². The van der Waals surface area contributed by atoms with Gasteiger partial charge in [-0.2, -0.15) is 0 Å². The van der Waals surface area contributed by atoms with Gasteiger partial charge in [0.05, 0.1) is 22.7 Å². The van der Waals surface area contributed by atoms with Gasteiger partial charge in [0.15, 0.2) is 5.13 Å². The van der Waals surface area contributed by atoms with Gasteiger partial charge in [0.2, 0.25) is 11.8 Å². The molecule has 0 fully saturated rings. The molecule has 152 valence electrons. The predicted octanol–water partition coefficient (Wildman–Crippen LogP) is 4.29. The van der Waals surface area contributed by atoms with Gasteiger partial charge in [-0.15, -0.1) is 0 Å². The minimum atomic E-state index is -0.0625. The standard InChI is InChI=1S/C22H25N3O3S/c1-4-20(26)25-22-24-18-10-7-16(11-19(18)29-22)12-21(27)23-13-15-5-8-17(9-6-15)28-14(2)3/h5-11,14H,4,12-13H2,1-3H3,(H,23,27)(H,24,25,26). The number of thiazole rings is 1. The van der Waals surface area contributed by atoms with Crippen LogP contribution in [0.5, 0.6) is 5.75 Å². The summed E-state index contributed by atoms with van der Waals surface area (Å²) in [5.41, 5.74) is 2.74. The third-order valence-corrected chi connectivity index (χ3v) is 5.10. The zero-order valence-electron chi connectivity index (χ0n) is 16.8. The van der Waals surface area contributed by atoms with Gasteiger partial charge in [0.1, 0.15) is 5.75 Å². The average Bonchev–Trinajstić information content (AvgIpc) is 3.08. The summed E-state index contributed by atoms with van der Waals surface area (Å²) in [5.74, 6) is 0.714.